The molecule has 92 valence electrons. The second kappa shape index (κ2) is 4.91. The number of nitrogens with one attached hydrogen (secondary N) is 1. The summed E-state index contributed by atoms with van der Waals surface area (Å²) in [6, 6.07) is -0.160. The molecule has 0 saturated heterocycles. The number of hydrogen-bond donors (Lipinski definition) is 2. The number of hydrazine groups is 1. The van der Waals surface area contributed by atoms with Crippen LogP contribution in [0.5, 0.6) is 0 Å². The van der Waals surface area contributed by atoms with E-state index in [9.17, 15) is 0 Å². The number of imidazole rings is 1. The van der Waals surface area contributed by atoms with Crippen LogP contribution in [-0.4, -0.2) is 19.1 Å². The van der Waals surface area contributed by atoms with Gasteiger partial charge in [0.2, 0.25) is 0 Å². The zero-order chi connectivity index (χ0) is 12.4. The van der Waals surface area contributed by atoms with Crippen molar-refractivity contribution in [1.29, 1.82) is 0 Å². The van der Waals surface area contributed by atoms with Crippen LogP contribution in [0.15, 0.2) is 12.4 Å². The summed E-state index contributed by atoms with van der Waals surface area (Å²) < 4.78 is 5.95. The molecule has 0 amide bonds. The van der Waals surface area contributed by atoms with Gasteiger partial charge >= 0.3 is 0 Å². The fourth-order valence-corrected chi connectivity index (χ4v) is 2.59. The van der Waals surface area contributed by atoms with Gasteiger partial charge in [-0.25, -0.2) is 10.4 Å². The minimum Gasteiger partial charge on any atom is -0.336 e. The van der Waals surface area contributed by atoms with Gasteiger partial charge in [-0.1, -0.05) is 18.3 Å². The first kappa shape index (κ1) is 12.2. The Bertz CT molecular complexity index is 488. The molecular formula is C10H16N6S. The maximum absolute atomic E-state index is 5.64. The van der Waals surface area contributed by atoms with Crippen molar-refractivity contribution >= 4 is 11.5 Å². The molecule has 0 bridgehead atoms. The van der Waals surface area contributed by atoms with E-state index in [-0.39, 0.29) is 6.04 Å². The molecule has 0 spiro atoms. The van der Waals surface area contributed by atoms with Crippen LogP contribution in [0.4, 0.5) is 0 Å². The molecule has 0 fully saturated rings. The fourth-order valence-electron chi connectivity index (χ4n) is 1.73. The highest BCUT2D eigenvalue weighted by molar-refractivity contribution is 7.05. The monoisotopic (exact) mass is 252 g/mol. The minimum absolute atomic E-state index is 0.160. The Morgan fingerprint density at radius 3 is 2.76 bits per heavy atom. The van der Waals surface area contributed by atoms with Crippen molar-refractivity contribution in [1.82, 2.24) is 24.6 Å². The van der Waals surface area contributed by atoms with Gasteiger partial charge in [0.05, 0.1) is 10.6 Å². The third-order valence-electron chi connectivity index (χ3n) is 2.63. The van der Waals surface area contributed by atoms with Crippen molar-refractivity contribution in [3.63, 3.8) is 0 Å². The molecule has 7 heteroatoms. The minimum atomic E-state index is -0.160. The van der Waals surface area contributed by atoms with Crippen LogP contribution in [0.2, 0.25) is 0 Å². The summed E-state index contributed by atoms with van der Waals surface area (Å²) in [5.41, 5.74) is 3.76. The molecule has 3 N–H and O–H groups in total. The molecule has 6 nitrogen and oxygen atoms in total. The zero-order valence-corrected chi connectivity index (χ0v) is 10.9. The van der Waals surface area contributed by atoms with Gasteiger partial charge in [-0.15, -0.1) is 5.10 Å². The molecule has 17 heavy (non-hydrogen) atoms. The largest absolute Gasteiger partial charge is 0.336 e. The predicted octanol–water partition coefficient (Wildman–Crippen LogP) is 0.948. The van der Waals surface area contributed by atoms with Gasteiger partial charge < -0.3 is 4.57 Å². The highest BCUT2D eigenvalue weighted by Gasteiger charge is 2.24. The molecule has 0 saturated carbocycles. The quantitative estimate of drug-likeness (QED) is 0.625. The van der Waals surface area contributed by atoms with Crippen molar-refractivity contribution < 1.29 is 0 Å². The Morgan fingerprint density at radius 1 is 1.47 bits per heavy atom. The molecule has 0 aliphatic heterocycles. The smallest absolute Gasteiger partial charge is 0.132 e. The van der Waals surface area contributed by atoms with Crippen LogP contribution < -0.4 is 11.3 Å². The van der Waals surface area contributed by atoms with Crippen LogP contribution in [0.3, 0.4) is 0 Å². The van der Waals surface area contributed by atoms with E-state index < -0.39 is 0 Å². The summed E-state index contributed by atoms with van der Waals surface area (Å²) in [4.78, 5) is 5.34. The second-order valence-electron chi connectivity index (χ2n) is 4.17. The van der Waals surface area contributed by atoms with E-state index in [2.05, 4.69) is 33.8 Å². The van der Waals surface area contributed by atoms with E-state index in [4.69, 9.17) is 5.84 Å². The first-order chi connectivity index (χ1) is 8.15. The Morgan fingerprint density at radius 2 is 2.24 bits per heavy atom. The molecule has 0 aliphatic rings. The average Bonchev–Trinajstić information content (AvgIpc) is 2.90. The zero-order valence-electron chi connectivity index (χ0n) is 10.1. The van der Waals surface area contributed by atoms with Crippen LogP contribution in [0.1, 0.15) is 42.2 Å². The number of aryl methyl sites for hydroxylation is 1. The van der Waals surface area contributed by atoms with Crippen LogP contribution in [-0.2, 0) is 7.05 Å². The number of rotatable bonds is 4. The van der Waals surface area contributed by atoms with Crippen molar-refractivity contribution in [3.8, 4) is 0 Å². The first-order valence-electron chi connectivity index (χ1n) is 5.40. The molecule has 0 aliphatic carbocycles. The van der Waals surface area contributed by atoms with Gasteiger partial charge in [-0.05, 0) is 17.5 Å². The molecule has 2 heterocycles. The van der Waals surface area contributed by atoms with E-state index in [0.717, 1.165) is 16.4 Å². The van der Waals surface area contributed by atoms with Gasteiger partial charge in [0.25, 0.3) is 0 Å². The summed E-state index contributed by atoms with van der Waals surface area (Å²) in [6.07, 6.45) is 3.65. The standard InChI is InChI=1S/C10H16N6S/c1-6(2)7-9(17-15-14-7)8(13-11)10-12-4-5-16(10)3/h4-6,8,13H,11H2,1-3H3. The van der Waals surface area contributed by atoms with E-state index in [1.54, 1.807) is 6.20 Å². The highest BCUT2D eigenvalue weighted by Crippen LogP contribution is 2.29. The average molecular weight is 252 g/mol. The molecular weight excluding hydrogens is 236 g/mol. The SMILES string of the molecule is CC(C)c1nnsc1C(NN)c1nccn1C. The lowest BCUT2D eigenvalue weighted by atomic mass is 10.1. The lowest BCUT2D eigenvalue weighted by Crippen LogP contribution is -2.31. The summed E-state index contributed by atoms with van der Waals surface area (Å²) >= 11 is 1.36. The maximum atomic E-state index is 5.64. The normalized spacial score (nSPS) is 13.2. The number of hydrogen-bond acceptors (Lipinski definition) is 6. The van der Waals surface area contributed by atoms with Crippen LogP contribution >= 0.6 is 11.5 Å². The lowest BCUT2D eigenvalue weighted by molar-refractivity contribution is 0.578. The van der Waals surface area contributed by atoms with E-state index in [0.29, 0.717) is 5.92 Å². The summed E-state index contributed by atoms with van der Waals surface area (Å²) in [7, 11) is 1.94. The van der Waals surface area contributed by atoms with E-state index in [1.807, 2.05) is 17.8 Å². The molecule has 0 radical (unpaired) electrons. The summed E-state index contributed by atoms with van der Waals surface area (Å²) in [6.45, 7) is 4.18. The number of nitrogens with two attached hydrogens (primary N) is 1. The Labute approximate surface area is 104 Å². The molecule has 2 aromatic heterocycles. The molecule has 2 rings (SSSR count). The fraction of sp³-hybridized carbons (Fsp3) is 0.500. The summed E-state index contributed by atoms with van der Waals surface area (Å²) in [5, 5.41) is 4.16. The van der Waals surface area contributed by atoms with Gasteiger partial charge in [0.1, 0.15) is 11.9 Å². The third-order valence-corrected chi connectivity index (χ3v) is 3.44. The lowest BCUT2D eigenvalue weighted by Gasteiger charge is -2.15. The van der Waals surface area contributed by atoms with Crippen molar-refractivity contribution in [2.75, 3.05) is 0 Å². The third kappa shape index (κ3) is 2.21. The van der Waals surface area contributed by atoms with Gasteiger partial charge in [-0.2, -0.15) is 0 Å². The van der Waals surface area contributed by atoms with E-state index in [1.165, 1.54) is 11.5 Å². The Kier molecular flexibility index (Phi) is 3.51. The van der Waals surface area contributed by atoms with Crippen molar-refractivity contribution in [2.45, 2.75) is 25.8 Å². The Hall–Kier alpha value is -1.31. The van der Waals surface area contributed by atoms with Crippen molar-refractivity contribution in [2.24, 2.45) is 12.9 Å². The molecule has 1 unspecified atom stereocenters. The topological polar surface area (TPSA) is 81.7 Å². The Balaban J connectivity index is 2.43. The second-order valence-corrected chi connectivity index (χ2v) is 4.96. The summed E-state index contributed by atoms with van der Waals surface area (Å²) in [5.74, 6) is 6.82. The number of nitrogens with zero attached hydrogens (tertiary/aromatic N) is 4. The highest BCUT2D eigenvalue weighted by atomic mass is 32.1. The molecule has 2 aromatic rings. The first-order valence-corrected chi connectivity index (χ1v) is 6.18. The van der Waals surface area contributed by atoms with Gasteiger partial charge in [0.15, 0.2) is 0 Å². The van der Waals surface area contributed by atoms with E-state index >= 15 is 0 Å². The van der Waals surface area contributed by atoms with Gasteiger partial charge in [0, 0.05) is 19.4 Å². The molecule has 0 aromatic carbocycles. The van der Waals surface area contributed by atoms with Crippen molar-refractivity contribution in [3.05, 3.63) is 28.8 Å². The maximum Gasteiger partial charge on any atom is 0.132 e. The van der Waals surface area contributed by atoms with Crippen LogP contribution in [0.25, 0.3) is 0 Å². The van der Waals surface area contributed by atoms with Gasteiger partial charge in [-0.3, -0.25) is 5.84 Å². The number of aromatic nitrogens is 4. The predicted molar refractivity (Wildman–Crippen MR) is 66.4 cm³/mol. The van der Waals surface area contributed by atoms with Crippen LogP contribution in [0, 0.1) is 0 Å². The molecule has 1 atom stereocenters.